The zero-order valence-corrected chi connectivity index (χ0v) is 14.0. The van der Waals surface area contributed by atoms with E-state index >= 15 is 0 Å². The first kappa shape index (κ1) is 16.7. The summed E-state index contributed by atoms with van der Waals surface area (Å²) in [4.78, 5) is 17.0. The molecule has 5 heteroatoms. The second kappa shape index (κ2) is 7.56. The van der Waals surface area contributed by atoms with Gasteiger partial charge in [-0.05, 0) is 47.1 Å². The van der Waals surface area contributed by atoms with Crippen LogP contribution in [0.2, 0.25) is 0 Å². The fourth-order valence-corrected chi connectivity index (χ4v) is 3.05. The Morgan fingerprint density at radius 3 is 2.43 bits per heavy atom. The maximum Gasteiger partial charge on any atom is 0.323 e. The maximum absolute atomic E-state index is 12.0. The molecule has 1 aliphatic carbocycles. The summed E-state index contributed by atoms with van der Waals surface area (Å²) in [6.45, 7) is 10.0. The van der Waals surface area contributed by atoms with Crippen molar-refractivity contribution < 1.29 is 9.53 Å². The number of hydrogen-bond donors (Lipinski definition) is 1. The van der Waals surface area contributed by atoms with E-state index in [0.29, 0.717) is 24.7 Å². The van der Waals surface area contributed by atoms with Crippen molar-refractivity contribution in [3.63, 3.8) is 0 Å². The lowest BCUT2D eigenvalue weighted by atomic mass is 10.1. The predicted octanol–water partition coefficient (Wildman–Crippen LogP) is 1.08. The molecule has 2 fully saturated rings. The Kier molecular flexibility index (Phi) is 6.02. The van der Waals surface area contributed by atoms with Gasteiger partial charge in [-0.25, -0.2) is 0 Å². The summed E-state index contributed by atoms with van der Waals surface area (Å²) >= 11 is 0. The van der Waals surface area contributed by atoms with E-state index < -0.39 is 0 Å². The van der Waals surface area contributed by atoms with Gasteiger partial charge in [0.1, 0.15) is 6.04 Å². The number of carbonyl (C=O) groups excluding carboxylic acids is 1. The summed E-state index contributed by atoms with van der Waals surface area (Å²) in [7, 11) is 2.20. The number of esters is 1. The van der Waals surface area contributed by atoms with Crippen LogP contribution in [0.4, 0.5) is 0 Å². The molecule has 0 bridgehead atoms. The standard InChI is InChI=1S/C16H31N3O2/c1-5-21-16(20)15(17-14-6-7-14)8-9-19-10-12(2)18(4)13(3)11-19/h12-15,17H,5-11H2,1-4H3. The van der Waals surface area contributed by atoms with Gasteiger partial charge < -0.3 is 15.0 Å². The van der Waals surface area contributed by atoms with Gasteiger partial charge >= 0.3 is 5.97 Å². The Labute approximate surface area is 129 Å². The van der Waals surface area contributed by atoms with E-state index in [1.807, 2.05) is 6.92 Å². The number of ether oxygens (including phenoxy) is 1. The molecule has 1 aliphatic heterocycles. The SMILES string of the molecule is CCOC(=O)C(CCN1CC(C)N(C)C(C)C1)NC1CC1. The Hall–Kier alpha value is -0.650. The minimum atomic E-state index is -0.136. The highest BCUT2D eigenvalue weighted by molar-refractivity contribution is 5.75. The molecule has 3 unspecified atom stereocenters. The number of nitrogens with zero attached hydrogens (tertiary/aromatic N) is 2. The molecule has 1 saturated carbocycles. The molecular formula is C16H31N3O2. The van der Waals surface area contributed by atoms with Crippen molar-refractivity contribution in [3.8, 4) is 0 Å². The molecule has 0 amide bonds. The summed E-state index contributed by atoms with van der Waals surface area (Å²) < 4.78 is 5.20. The largest absolute Gasteiger partial charge is 0.465 e. The van der Waals surface area contributed by atoms with Gasteiger partial charge in [0, 0.05) is 37.8 Å². The Morgan fingerprint density at radius 2 is 1.90 bits per heavy atom. The van der Waals surface area contributed by atoms with Crippen LogP contribution in [0.25, 0.3) is 0 Å². The van der Waals surface area contributed by atoms with Crippen LogP contribution in [0, 0.1) is 0 Å². The highest BCUT2D eigenvalue weighted by Crippen LogP contribution is 2.21. The summed E-state index contributed by atoms with van der Waals surface area (Å²) in [5, 5.41) is 3.43. The fourth-order valence-electron chi connectivity index (χ4n) is 3.05. The topological polar surface area (TPSA) is 44.8 Å². The molecule has 122 valence electrons. The average Bonchev–Trinajstić information content (AvgIpc) is 3.24. The summed E-state index contributed by atoms with van der Waals surface area (Å²) in [5.74, 6) is -0.0837. The molecule has 2 aliphatic rings. The Balaban J connectivity index is 1.81. The molecule has 0 radical (unpaired) electrons. The van der Waals surface area contributed by atoms with Crippen LogP contribution in [0.1, 0.15) is 40.0 Å². The molecule has 1 N–H and O–H groups in total. The molecule has 0 aromatic rings. The van der Waals surface area contributed by atoms with Crippen molar-refractivity contribution in [1.29, 1.82) is 0 Å². The second-order valence-corrected chi connectivity index (χ2v) is 6.66. The molecule has 1 heterocycles. The van der Waals surface area contributed by atoms with Crippen LogP contribution < -0.4 is 5.32 Å². The van der Waals surface area contributed by atoms with E-state index in [0.717, 1.165) is 26.1 Å². The predicted molar refractivity (Wildman–Crippen MR) is 84.3 cm³/mol. The zero-order valence-electron chi connectivity index (χ0n) is 14.0. The first-order valence-electron chi connectivity index (χ1n) is 8.38. The lowest BCUT2D eigenvalue weighted by Gasteiger charge is -2.42. The van der Waals surface area contributed by atoms with Crippen molar-refractivity contribution in [3.05, 3.63) is 0 Å². The lowest BCUT2D eigenvalue weighted by molar-refractivity contribution is -0.146. The van der Waals surface area contributed by atoms with Gasteiger partial charge in [-0.1, -0.05) is 0 Å². The molecule has 1 saturated heterocycles. The number of carbonyl (C=O) groups is 1. The normalized spacial score (nSPS) is 29.3. The number of nitrogens with one attached hydrogen (secondary N) is 1. The third-order valence-corrected chi connectivity index (χ3v) is 4.75. The fraction of sp³-hybridized carbons (Fsp3) is 0.938. The van der Waals surface area contributed by atoms with Gasteiger partial charge in [-0.15, -0.1) is 0 Å². The second-order valence-electron chi connectivity index (χ2n) is 6.66. The van der Waals surface area contributed by atoms with Gasteiger partial charge in [0.2, 0.25) is 0 Å². The average molecular weight is 297 g/mol. The third kappa shape index (κ3) is 4.94. The quantitative estimate of drug-likeness (QED) is 0.713. The monoisotopic (exact) mass is 297 g/mol. The smallest absolute Gasteiger partial charge is 0.323 e. The van der Waals surface area contributed by atoms with E-state index in [4.69, 9.17) is 4.74 Å². The first-order valence-corrected chi connectivity index (χ1v) is 8.38. The molecular weight excluding hydrogens is 266 g/mol. The molecule has 0 spiro atoms. The van der Waals surface area contributed by atoms with E-state index in [9.17, 15) is 4.79 Å². The van der Waals surface area contributed by atoms with Crippen molar-refractivity contribution in [2.24, 2.45) is 0 Å². The highest BCUT2D eigenvalue weighted by Gasteiger charge is 2.31. The molecule has 0 aromatic heterocycles. The molecule has 0 aromatic carbocycles. The zero-order chi connectivity index (χ0) is 15.4. The van der Waals surface area contributed by atoms with Gasteiger partial charge in [-0.2, -0.15) is 0 Å². The van der Waals surface area contributed by atoms with Crippen molar-refractivity contribution in [2.75, 3.05) is 33.3 Å². The van der Waals surface area contributed by atoms with Crippen molar-refractivity contribution in [2.45, 2.75) is 64.2 Å². The first-order chi connectivity index (χ1) is 10.0. The van der Waals surface area contributed by atoms with E-state index in [1.165, 1.54) is 12.8 Å². The van der Waals surface area contributed by atoms with E-state index in [2.05, 4.69) is 36.0 Å². The Morgan fingerprint density at radius 1 is 1.29 bits per heavy atom. The summed E-state index contributed by atoms with van der Waals surface area (Å²) in [5.41, 5.74) is 0. The van der Waals surface area contributed by atoms with Gasteiger partial charge in [0.25, 0.3) is 0 Å². The lowest BCUT2D eigenvalue weighted by Crippen LogP contribution is -2.55. The highest BCUT2D eigenvalue weighted by atomic mass is 16.5. The molecule has 21 heavy (non-hydrogen) atoms. The molecule has 2 rings (SSSR count). The van der Waals surface area contributed by atoms with Crippen LogP contribution in [-0.2, 0) is 9.53 Å². The van der Waals surface area contributed by atoms with Crippen molar-refractivity contribution in [1.82, 2.24) is 15.1 Å². The number of piperazine rings is 1. The van der Waals surface area contributed by atoms with Gasteiger partial charge in [-0.3, -0.25) is 9.69 Å². The van der Waals surface area contributed by atoms with Crippen LogP contribution in [0.15, 0.2) is 0 Å². The van der Waals surface area contributed by atoms with Gasteiger partial charge in [0.05, 0.1) is 6.61 Å². The third-order valence-electron chi connectivity index (χ3n) is 4.75. The van der Waals surface area contributed by atoms with Gasteiger partial charge in [0.15, 0.2) is 0 Å². The maximum atomic E-state index is 12.0. The molecule has 3 atom stereocenters. The van der Waals surface area contributed by atoms with Crippen LogP contribution in [0.5, 0.6) is 0 Å². The van der Waals surface area contributed by atoms with Crippen LogP contribution >= 0.6 is 0 Å². The van der Waals surface area contributed by atoms with E-state index in [1.54, 1.807) is 0 Å². The Bertz CT molecular complexity index is 334. The minimum absolute atomic E-state index is 0.0837. The van der Waals surface area contributed by atoms with Crippen LogP contribution in [-0.4, -0.2) is 73.2 Å². The summed E-state index contributed by atoms with van der Waals surface area (Å²) in [6.07, 6.45) is 3.23. The van der Waals surface area contributed by atoms with Crippen molar-refractivity contribution >= 4 is 5.97 Å². The van der Waals surface area contributed by atoms with E-state index in [-0.39, 0.29) is 12.0 Å². The minimum Gasteiger partial charge on any atom is -0.465 e. The number of likely N-dealkylation sites (N-methyl/N-ethyl adjacent to an activating group) is 1. The summed E-state index contributed by atoms with van der Waals surface area (Å²) in [6, 6.07) is 1.55. The van der Waals surface area contributed by atoms with Crippen LogP contribution in [0.3, 0.4) is 0 Å². The number of hydrogen-bond acceptors (Lipinski definition) is 5. The molecule has 5 nitrogen and oxygen atoms in total. The number of rotatable bonds is 7.